The first kappa shape index (κ1) is 18.6. The van der Waals surface area contributed by atoms with Crippen molar-refractivity contribution in [3.8, 4) is 0 Å². The molecule has 3 rings (SSSR count). The summed E-state index contributed by atoms with van der Waals surface area (Å²) >= 11 is 0. The summed E-state index contributed by atoms with van der Waals surface area (Å²) < 4.78 is 4.84. The van der Waals surface area contributed by atoms with Gasteiger partial charge < -0.3 is 15.0 Å². The van der Waals surface area contributed by atoms with E-state index in [1.54, 1.807) is 23.4 Å². The number of hydrogen-bond acceptors (Lipinski definition) is 4. The Bertz CT molecular complexity index is 888. The van der Waals surface area contributed by atoms with Crippen LogP contribution < -0.4 is 5.32 Å². The number of benzene rings is 1. The average molecular weight is 365 g/mol. The van der Waals surface area contributed by atoms with Gasteiger partial charge in [-0.15, -0.1) is 0 Å². The summed E-state index contributed by atoms with van der Waals surface area (Å²) in [6.07, 6.45) is 3.79. The van der Waals surface area contributed by atoms with Crippen molar-refractivity contribution in [2.45, 2.75) is 20.3 Å². The summed E-state index contributed by atoms with van der Waals surface area (Å²) in [6, 6.07) is 9.39. The Morgan fingerprint density at radius 1 is 1.15 bits per heavy atom. The van der Waals surface area contributed by atoms with Crippen LogP contribution in [-0.4, -0.2) is 42.1 Å². The van der Waals surface area contributed by atoms with Crippen LogP contribution in [0.15, 0.2) is 48.3 Å². The molecule has 0 bridgehead atoms. The first-order chi connectivity index (χ1) is 13.0. The third-order valence-electron chi connectivity index (χ3n) is 4.81. The van der Waals surface area contributed by atoms with Crippen LogP contribution in [0, 0.1) is 6.92 Å². The van der Waals surface area contributed by atoms with Crippen molar-refractivity contribution >= 4 is 23.3 Å². The van der Waals surface area contributed by atoms with Crippen molar-refractivity contribution in [3.63, 3.8) is 0 Å². The number of carbonyl (C=O) groups is 2. The number of aryl methyl sites for hydroxylation is 1. The predicted octanol–water partition coefficient (Wildman–Crippen LogP) is 3.89. The molecule has 1 aliphatic heterocycles. The molecule has 6 nitrogen and oxygen atoms in total. The Hall–Kier alpha value is -3.15. The van der Waals surface area contributed by atoms with Gasteiger partial charge in [-0.25, -0.2) is 4.79 Å². The van der Waals surface area contributed by atoms with Crippen LogP contribution in [0.4, 0.5) is 10.5 Å². The van der Waals surface area contributed by atoms with Crippen molar-refractivity contribution in [2.24, 2.45) is 0 Å². The lowest BCUT2D eigenvalue weighted by Crippen LogP contribution is -2.36. The summed E-state index contributed by atoms with van der Waals surface area (Å²) in [5.41, 5.74) is 5.58. The van der Waals surface area contributed by atoms with Crippen LogP contribution in [0.5, 0.6) is 0 Å². The molecule has 140 valence electrons. The Morgan fingerprint density at radius 2 is 1.89 bits per heavy atom. The fourth-order valence-corrected chi connectivity index (χ4v) is 3.16. The molecule has 1 aromatic carbocycles. The second kappa shape index (κ2) is 8.03. The molecule has 0 spiro atoms. The fourth-order valence-electron chi connectivity index (χ4n) is 3.16. The van der Waals surface area contributed by atoms with Crippen molar-refractivity contribution < 1.29 is 14.3 Å². The van der Waals surface area contributed by atoms with Gasteiger partial charge in [0.2, 0.25) is 0 Å². The number of nitrogens with one attached hydrogen (secondary N) is 1. The van der Waals surface area contributed by atoms with E-state index in [1.807, 2.05) is 31.2 Å². The molecule has 0 unspecified atom stereocenters. The highest BCUT2D eigenvalue weighted by molar-refractivity contribution is 6.05. The Balaban J connectivity index is 1.74. The quantitative estimate of drug-likeness (QED) is 0.896. The smallest absolute Gasteiger partial charge is 0.409 e. The molecule has 1 N–H and O–H groups in total. The molecule has 2 aromatic rings. The molecule has 0 saturated carbocycles. The van der Waals surface area contributed by atoms with Crippen LogP contribution >= 0.6 is 0 Å². The lowest BCUT2D eigenvalue weighted by atomic mass is 9.95. The van der Waals surface area contributed by atoms with Gasteiger partial charge in [-0.2, -0.15) is 0 Å². The molecule has 0 saturated heterocycles. The minimum absolute atomic E-state index is 0.160. The zero-order chi connectivity index (χ0) is 19.4. The molecular weight excluding hydrogens is 342 g/mol. The van der Waals surface area contributed by atoms with Gasteiger partial charge in [-0.05, 0) is 55.2 Å². The van der Waals surface area contributed by atoms with Crippen LogP contribution in [0.3, 0.4) is 0 Å². The normalized spacial score (nSPS) is 14.1. The molecule has 0 fully saturated rings. The van der Waals surface area contributed by atoms with Crippen LogP contribution in [-0.2, 0) is 4.74 Å². The Labute approximate surface area is 158 Å². The molecule has 2 amide bonds. The zero-order valence-corrected chi connectivity index (χ0v) is 15.8. The van der Waals surface area contributed by atoms with E-state index < -0.39 is 0 Å². The molecule has 27 heavy (non-hydrogen) atoms. The van der Waals surface area contributed by atoms with E-state index >= 15 is 0 Å². The number of amides is 2. The standard InChI is InChI=1S/C21H23N3O3/c1-14-9-11-24(21(26)27-3)13-19(14)16-4-6-17(7-5-16)23-20(25)18-8-10-22-12-15(18)2/h4-8,10,12H,9,11,13H2,1-3H3,(H,23,25). The van der Waals surface area contributed by atoms with Gasteiger partial charge in [0.15, 0.2) is 0 Å². The van der Waals surface area contributed by atoms with Gasteiger partial charge in [-0.3, -0.25) is 9.78 Å². The number of aromatic nitrogens is 1. The molecular formula is C21H23N3O3. The number of anilines is 1. The number of ether oxygens (including phenoxy) is 1. The fraction of sp³-hybridized carbons (Fsp3) is 0.286. The maximum Gasteiger partial charge on any atom is 0.409 e. The number of pyridine rings is 1. The van der Waals surface area contributed by atoms with E-state index in [9.17, 15) is 9.59 Å². The first-order valence-electron chi connectivity index (χ1n) is 8.83. The third-order valence-corrected chi connectivity index (χ3v) is 4.81. The van der Waals surface area contributed by atoms with Gasteiger partial charge in [0.1, 0.15) is 0 Å². The van der Waals surface area contributed by atoms with E-state index in [0.29, 0.717) is 18.7 Å². The molecule has 1 aromatic heterocycles. The van der Waals surface area contributed by atoms with Crippen molar-refractivity contribution in [1.29, 1.82) is 0 Å². The molecule has 6 heteroatoms. The highest BCUT2D eigenvalue weighted by Crippen LogP contribution is 2.27. The van der Waals surface area contributed by atoms with Crippen LogP contribution in [0.1, 0.15) is 34.8 Å². The summed E-state index contributed by atoms with van der Waals surface area (Å²) in [6.45, 7) is 5.14. The molecule has 0 aliphatic carbocycles. The monoisotopic (exact) mass is 365 g/mol. The van der Waals surface area contributed by atoms with Gasteiger partial charge >= 0.3 is 6.09 Å². The molecule has 0 atom stereocenters. The summed E-state index contributed by atoms with van der Waals surface area (Å²) in [7, 11) is 1.40. The van der Waals surface area contributed by atoms with Crippen molar-refractivity contribution in [2.75, 3.05) is 25.5 Å². The Kier molecular flexibility index (Phi) is 5.54. The molecule has 1 aliphatic rings. The third kappa shape index (κ3) is 4.16. The largest absolute Gasteiger partial charge is 0.453 e. The Morgan fingerprint density at radius 3 is 2.56 bits per heavy atom. The van der Waals surface area contributed by atoms with Gasteiger partial charge in [0.25, 0.3) is 5.91 Å². The second-order valence-corrected chi connectivity index (χ2v) is 6.62. The average Bonchev–Trinajstić information content (AvgIpc) is 2.68. The summed E-state index contributed by atoms with van der Waals surface area (Å²) in [4.78, 5) is 29.9. The summed E-state index contributed by atoms with van der Waals surface area (Å²) in [5, 5.41) is 2.91. The number of methoxy groups -OCH3 is 1. The van der Waals surface area contributed by atoms with E-state index in [-0.39, 0.29) is 12.0 Å². The molecule has 0 radical (unpaired) electrons. The van der Waals surface area contributed by atoms with E-state index in [1.165, 1.54) is 12.7 Å². The minimum atomic E-state index is -0.309. The highest BCUT2D eigenvalue weighted by Gasteiger charge is 2.22. The maximum atomic E-state index is 12.4. The van der Waals surface area contributed by atoms with Crippen molar-refractivity contribution in [3.05, 3.63) is 65.0 Å². The number of carbonyl (C=O) groups excluding carboxylic acids is 2. The number of hydrogen-bond donors (Lipinski definition) is 1. The van der Waals surface area contributed by atoms with Crippen LogP contribution in [0.2, 0.25) is 0 Å². The molecule has 2 heterocycles. The maximum absolute atomic E-state index is 12.4. The highest BCUT2D eigenvalue weighted by atomic mass is 16.5. The van der Waals surface area contributed by atoms with Gasteiger partial charge in [-0.1, -0.05) is 17.7 Å². The van der Waals surface area contributed by atoms with Crippen molar-refractivity contribution in [1.82, 2.24) is 9.88 Å². The topological polar surface area (TPSA) is 71.5 Å². The minimum Gasteiger partial charge on any atom is -0.453 e. The lowest BCUT2D eigenvalue weighted by Gasteiger charge is -2.29. The predicted molar refractivity (Wildman–Crippen MR) is 105 cm³/mol. The van der Waals surface area contributed by atoms with Gasteiger partial charge in [0, 0.05) is 36.7 Å². The summed E-state index contributed by atoms with van der Waals surface area (Å²) in [5.74, 6) is -0.160. The van der Waals surface area contributed by atoms with Crippen LogP contribution in [0.25, 0.3) is 5.57 Å². The second-order valence-electron chi connectivity index (χ2n) is 6.62. The van der Waals surface area contributed by atoms with E-state index in [2.05, 4.69) is 17.2 Å². The SMILES string of the molecule is COC(=O)N1CCC(C)=C(c2ccc(NC(=O)c3ccncc3C)cc2)C1. The lowest BCUT2D eigenvalue weighted by molar-refractivity contribution is 0.102. The van der Waals surface area contributed by atoms with E-state index in [4.69, 9.17) is 4.74 Å². The number of nitrogens with zero attached hydrogens (tertiary/aromatic N) is 2. The first-order valence-corrected chi connectivity index (χ1v) is 8.83. The van der Waals surface area contributed by atoms with E-state index in [0.717, 1.165) is 28.8 Å². The van der Waals surface area contributed by atoms with Gasteiger partial charge in [0.05, 0.1) is 7.11 Å². The number of rotatable bonds is 3. The zero-order valence-electron chi connectivity index (χ0n) is 15.8.